The van der Waals surface area contributed by atoms with Gasteiger partial charge in [-0.25, -0.2) is 9.97 Å². The number of nitrogens with zero attached hydrogens (tertiary/aromatic N) is 7. The number of rotatable bonds is 4. The number of carbonyl (C=O) groups excluding carboxylic acids is 1. The summed E-state index contributed by atoms with van der Waals surface area (Å²) in [6.07, 6.45) is 5.73. The Bertz CT molecular complexity index is 1050. The molecule has 0 radical (unpaired) electrons. The fourth-order valence-corrected chi connectivity index (χ4v) is 5.66. The van der Waals surface area contributed by atoms with Crippen molar-refractivity contribution in [3.8, 4) is 0 Å². The lowest BCUT2D eigenvalue weighted by Gasteiger charge is -2.36. The summed E-state index contributed by atoms with van der Waals surface area (Å²) in [5.74, 6) is 1.15. The molecule has 5 rings (SSSR count). The van der Waals surface area contributed by atoms with E-state index in [0.29, 0.717) is 12.6 Å². The Hall–Kier alpha value is -2.52. The molecular weight excluding hydrogens is 398 g/mol. The van der Waals surface area contributed by atoms with E-state index in [9.17, 15) is 4.79 Å². The molecule has 0 saturated carbocycles. The molecule has 2 saturated heterocycles. The number of carbonyl (C=O) groups is 1. The number of fused-ring (bicyclic) bond motifs is 1. The molecule has 0 aromatic carbocycles. The molecule has 158 valence electrons. The number of hydrogen-bond acceptors (Lipinski definition) is 7. The van der Waals surface area contributed by atoms with Crippen LogP contribution in [0, 0.1) is 6.92 Å². The SMILES string of the molecule is Cc1ccc(C2CCCN2CC(=O)N2CCN(c3ncnc4c3cnn4C)CC2)s1. The molecule has 2 aliphatic heterocycles. The van der Waals surface area contributed by atoms with Gasteiger partial charge in [-0.2, -0.15) is 5.10 Å². The van der Waals surface area contributed by atoms with Gasteiger partial charge in [0.15, 0.2) is 5.65 Å². The number of hydrogen-bond donors (Lipinski definition) is 0. The Morgan fingerprint density at radius 2 is 2.00 bits per heavy atom. The molecule has 0 aliphatic carbocycles. The van der Waals surface area contributed by atoms with Crippen molar-refractivity contribution in [2.45, 2.75) is 25.8 Å². The molecular formula is C21H27N7OS. The molecule has 1 unspecified atom stereocenters. The predicted octanol–water partition coefficient (Wildman–Crippen LogP) is 2.22. The Kier molecular flexibility index (Phi) is 5.16. The molecule has 2 fully saturated rings. The predicted molar refractivity (Wildman–Crippen MR) is 118 cm³/mol. The summed E-state index contributed by atoms with van der Waals surface area (Å²) in [5.41, 5.74) is 0.836. The summed E-state index contributed by atoms with van der Waals surface area (Å²) < 4.78 is 1.77. The molecule has 9 heteroatoms. The van der Waals surface area contributed by atoms with Crippen molar-refractivity contribution in [3.05, 3.63) is 34.4 Å². The molecule has 8 nitrogen and oxygen atoms in total. The summed E-state index contributed by atoms with van der Waals surface area (Å²) in [6, 6.07) is 4.81. The number of aryl methyl sites for hydroxylation is 2. The maximum Gasteiger partial charge on any atom is 0.236 e. The molecule has 0 bridgehead atoms. The van der Waals surface area contributed by atoms with E-state index in [1.165, 1.54) is 9.75 Å². The van der Waals surface area contributed by atoms with Gasteiger partial charge in [0.1, 0.15) is 12.1 Å². The van der Waals surface area contributed by atoms with Crippen LogP contribution in [0.15, 0.2) is 24.7 Å². The van der Waals surface area contributed by atoms with E-state index in [0.717, 1.165) is 62.4 Å². The maximum absolute atomic E-state index is 13.0. The van der Waals surface area contributed by atoms with Gasteiger partial charge >= 0.3 is 0 Å². The van der Waals surface area contributed by atoms with E-state index in [2.05, 4.69) is 43.9 Å². The van der Waals surface area contributed by atoms with Gasteiger partial charge in [-0.3, -0.25) is 14.4 Å². The quantitative estimate of drug-likeness (QED) is 0.638. The minimum absolute atomic E-state index is 0.240. The number of likely N-dealkylation sites (tertiary alicyclic amines) is 1. The summed E-state index contributed by atoms with van der Waals surface area (Å²) in [4.78, 5) is 31.2. The number of amides is 1. The lowest BCUT2D eigenvalue weighted by Crippen LogP contribution is -2.51. The fourth-order valence-electron chi connectivity index (χ4n) is 4.61. The highest BCUT2D eigenvalue weighted by Crippen LogP contribution is 2.35. The van der Waals surface area contributed by atoms with Crippen molar-refractivity contribution in [2.24, 2.45) is 7.05 Å². The van der Waals surface area contributed by atoms with Gasteiger partial charge in [0.05, 0.1) is 18.1 Å². The maximum atomic E-state index is 13.0. The van der Waals surface area contributed by atoms with E-state index in [-0.39, 0.29) is 5.91 Å². The van der Waals surface area contributed by atoms with Gasteiger partial charge in [0.2, 0.25) is 5.91 Å². The van der Waals surface area contributed by atoms with Crippen LogP contribution in [0.25, 0.3) is 11.0 Å². The molecule has 3 aromatic rings. The van der Waals surface area contributed by atoms with Gasteiger partial charge in [-0.15, -0.1) is 11.3 Å². The van der Waals surface area contributed by atoms with Gasteiger partial charge in [0, 0.05) is 49.0 Å². The molecule has 0 spiro atoms. The Morgan fingerprint density at radius 3 is 2.77 bits per heavy atom. The Labute approximate surface area is 180 Å². The van der Waals surface area contributed by atoms with Crippen molar-refractivity contribution < 1.29 is 4.79 Å². The second-order valence-corrected chi connectivity index (χ2v) is 9.47. The number of aromatic nitrogens is 4. The van der Waals surface area contributed by atoms with Crippen molar-refractivity contribution in [1.82, 2.24) is 29.5 Å². The zero-order valence-electron chi connectivity index (χ0n) is 17.5. The zero-order valence-corrected chi connectivity index (χ0v) is 18.3. The minimum Gasteiger partial charge on any atom is -0.352 e. The first-order valence-electron chi connectivity index (χ1n) is 10.6. The third kappa shape index (κ3) is 3.56. The van der Waals surface area contributed by atoms with Gasteiger partial charge < -0.3 is 9.80 Å². The monoisotopic (exact) mass is 425 g/mol. The van der Waals surface area contributed by atoms with Crippen molar-refractivity contribution >= 4 is 34.1 Å². The topological polar surface area (TPSA) is 70.4 Å². The molecule has 2 aliphatic rings. The van der Waals surface area contributed by atoms with Gasteiger partial charge in [0.25, 0.3) is 0 Å². The molecule has 3 aromatic heterocycles. The van der Waals surface area contributed by atoms with Gasteiger partial charge in [-0.05, 0) is 38.4 Å². The Morgan fingerprint density at radius 1 is 1.17 bits per heavy atom. The molecule has 1 amide bonds. The van der Waals surface area contributed by atoms with Crippen LogP contribution in [0.4, 0.5) is 5.82 Å². The molecule has 30 heavy (non-hydrogen) atoms. The highest BCUT2D eigenvalue weighted by Gasteiger charge is 2.31. The van der Waals surface area contributed by atoms with Gasteiger partial charge in [-0.1, -0.05) is 0 Å². The van der Waals surface area contributed by atoms with Crippen LogP contribution in [-0.4, -0.2) is 74.7 Å². The van der Waals surface area contributed by atoms with E-state index in [1.807, 2.05) is 29.5 Å². The standard InChI is InChI=1S/C21H27N7OS/c1-15-5-6-18(30-15)17-4-3-7-28(17)13-19(29)26-8-10-27(11-9-26)21-16-12-24-25(2)20(16)22-14-23-21/h5-6,12,14,17H,3-4,7-11,13H2,1-2H3. The Balaban J connectivity index is 1.22. The van der Waals surface area contributed by atoms with Crippen LogP contribution >= 0.6 is 11.3 Å². The summed E-state index contributed by atoms with van der Waals surface area (Å²) in [5, 5.41) is 5.27. The molecule has 1 atom stereocenters. The second-order valence-electron chi connectivity index (χ2n) is 8.15. The lowest BCUT2D eigenvalue weighted by atomic mass is 10.2. The molecule has 5 heterocycles. The van der Waals surface area contributed by atoms with Crippen LogP contribution < -0.4 is 4.90 Å². The zero-order chi connectivity index (χ0) is 20.7. The smallest absolute Gasteiger partial charge is 0.236 e. The number of piperazine rings is 1. The third-order valence-electron chi connectivity index (χ3n) is 6.23. The second kappa shape index (κ2) is 7.96. The average Bonchev–Trinajstić information content (AvgIpc) is 3.48. The average molecular weight is 426 g/mol. The van der Waals surface area contributed by atoms with E-state index < -0.39 is 0 Å². The van der Waals surface area contributed by atoms with E-state index in [4.69, 9.17) is 0 Å². The summed E-state index contributed by atoms with van der Waals surface area (Å²) in [6.45, 7) is 6.67. The summed E-state index contributed by atoms with van der Waals surface area (Å²) >= 11 is 1.86. The molecule has 0 N–H and O–H groups in total. The fraction of sp³-hybridized carbons (Fsp3) is 0.524. The van der Waals surface area contributed by atoms with Crippen LogP contribution in [0.2, 0.25) is 0 Å². The summed E-state index contributed by atoms with van der Waals surface area (Å²) in [7, 11) is 1.89. The van der Waals surface area contributed by atoms with Crippen LogP contribution in [-0.2, 0) is 11.8 Å². The van der Waals surface area contributed by atoms with Crippen molar-refractivity contribution in [2.75, 3.05) is 44.2 Å². The van der Waals surface area contributed by atoms with E-state index >= 15 is 0 Å². The highest BCUT2D eigenvalue weighted by atomic mass is 32.1. The van der Waals surface area contributed by atoms with E-state index in [1.54, 1.807) is 11.0 Å². The van der Waals surface area contributed by atoms with Crippen LogP contribution in [0.3, 0.4) is 0 Å². The number of anilines is 1. The van der Waals surface area contributed by atoms with Crippen molar-refractivity contribution in [3.63, 3.8) is 0 Å². The highest BCUT2D eigenvalue weighted by molar-refractivity contribution is 7.12. The van der Waals surface area contributed by atoms with Crippen LogP contribution in [0.5, 0.6) is 0 Å². The van der Waals surface area contributed by atoms with Crippen molar-refractivity contribution in [1.29, 1.82) is 0 Å². The first kappa shape index (κ1) is 19.4. The minimum atomic E-state index is 0.240. The van der Waals surface area contributed by atoms with Crippen LogP contribution in [0.1, 0.15) is 28.6 Å². The largest absolute Gasteiger partial charge is 0.352 e. The number of thiophene rings is 1. The third-order valence-corrected chi connectivity index (χ3v) is 7.33. The first-order valence-corrected chi connectivity index (χ1v) is 11.4. The first-order chi connectivity index (χ1) is 14.6. The lowest BCUT2D eigenvalue weighted by molar-refractivity contribution is -0.133. The normalized spacial score (nSPS) is 20.4.